The molecule has 1 aliphatic carbocycles. The van der Waals surface area contributed by atoms with Gasteiger partial charge in [0.1, 0.15) is 0 Å². The Morgan fingerprint density at radius 3 is 2.33 bits per heavy atom. The van der Waals surface area contributed by atoms with Crippen LogP contribution in [0.1, 0.15) is 42.1 Å². The van der Waals surface area contributed by atoms with Gasteiger partial charge in [0.2, 0.25) is 0 Å². The Balaban J connectivity index is 2.19. The van der Waals surface area contributed by atoms with E-state index in [4.69, 9.17) is 0 Å². The number of rotatable bonds is 3. The Bertz CT molecular complexity index is 346. The molecule has 0 saturated heterocycles. The van der Waals surface area contributed by atoms with Crippen molar-refractivity contribution in [3.8, 4) is 0 Å². The van der Waals surface area contributed by atoms with Gasteiger partial charge in [0.15, 0.2) is 0 Å². The highest BCUT2D eigenvalue weighted by molar-refractivity contribution is 9.10. The van der Waals surface area contributed by atoms with Gasteiger partial charge in [-0.1, -0.05) is 40.9 Å². The van der Waals surface area contributed by atoms with Gasteiger partial charge in [-0.25, -0.2) is 0 Å². The Morgan fingerprint density at radius 1 is 1.33 bits per heavy atom. The topological polar surface area (TPSA) is 20.2 Å². The molecule has 0 heterocycles. The van der Waals surface area contributed by atoms with Crippen LogP contribution in [0.3, 0.4) is 0 Å². The van der Waals surface area contributed by atoms with Crippen LogP contribution >= 0.6 is 15.9 Å². The summed E-state index contributed by atoms with van der Waals surface area (Å²) in [5.74, 6) is 0.768. The van der Waals surface area contributed by atoms with Crippen molar-refractivity contribution in [1.29, 1.82) is 0 Å². The summed E-state index contributed by atoms with van der Waals surface area (Å²) in [6, 6.07) is 4.17. The quantitative estimate of drug-likeness (QED) is 0.882. The second-order valence-corrected chi connectivity index (χ2v) is 5.46. The first-order valence-electron chi connectivity index (χ1n) is 5.52. The molecule has 1 unspecified atom stereocenters. The Kier molecular flexibility index (Phi) is 3.17. The molecule has 1 nitrogen and oxygen atoms in total. The molecule has 82 valence electrons. The van der Waals surface area contributed by atoms with Crippen molar-refractivity contribution < 1.29 is 5.11 Å². The molecule has 1 N–H and O–H groups in total. The lowest BCUT2D eigenvalue weighted by atomic mass is 10.00. The summed E-state index contributed by atoms with van der Waals surface area (Å²) < 4.78 is 1.16. The third-order valence-corrected chi connectivity index (χ3v) is 4.35. The van der Waals surface area contributed by atoms with E-state index < -0.39 is 0 Å². The van der Waals surface area contributed by atoms with Gasteiger partial charge in [0.05, 0.1) is 6.10 Å². The fourth-order valence-corrected chi connectivity index (χ4v) is 2.21. The molecule has 0 amide bonds. The number of aliphatic hydroxyl groups excluding tert-OH is 1. The van der Waals surface area contributed by atoms with Crippen LogP contribution in [0.25, 0.3) is 0 Å². The summed E-state index contributed by atoms with van der Waals surface area (Å²) in [6.07, 6.45) is 3.25. The van der Waals surface area contributed by atoms with Crippen molar-refractivity contribution in [2.24, 2.45) is 5.92 Å². The lowest BCUT2D eigenvalue weighted by Crippen LogP contribution is -2.00. The third kappa shape index (κ3) is 2.61. The lowest BCUT2D eigenvalue weighted by Gasteiger charge is -2.13. The van der Waals surface area contributed by atoms with Gasteiger partial charge in [-0.3, -0.25) is 0 Å². The van der Waals surface area contributed by atoms with Crippen LogP contribution in [-0.4, -0.2) is 5.11 Å². The number of aryl methyl sites for hydroxylation is 2. The molecule has 0 aromatic heterocycles. The van der Waals surface area contributed by atoms with Crippen LogP contribution in [0, 0.1) is 19.8 Å². The summed E-state index contributed by atoms with van der Waals surface area (Å²) in [6.45, 7) is 4.15. The number of benzene rings is 1. The van der Waals surface area contributed by atoms with Crippen molar-refractivity contribution in [3.05, 3.63) is 33.3 Å². The highest BCUT2D eigenvalue weighted by Crippen LogP contribution is 2.38. The fraction of sp³-hybridized carbons (Fsp3) is 0.538. The molecule has 1 aromatic carbocycles. The average molecular weight is 269 g/mol. The highest BCUT2D eigenvalue weighted by Gasteiger charge is 2.25. The van der Waals surface area contributed by atoms with Crippen molar-refractivity contribution >= 4 is 15.9 Å². The first kappa shape index (κ1) is 11.2. The van der Waals surface area contributed by atoms with Crippen LogP contribution in [0.5, 0.6) is 0 Å². The first-order valence-corrected chi connectivity index (χ1v) is 6.32. The number of halogens is 1. The normalized spacial score (nSPS) is 17.9. The number of hydrogen-bond donors (Lipinski definition) is 1. The molecule has 0 spiro atoms. The molecule has 0 radical (unpaired) electrons. The zero-order valence-corrected chi connectivity index (χ0v) is 10.8. The summed E-state index contributed by atoms with van der Waals surface area (Å²) >= 11 is 3.54. The van der Waals surface area contributed by atoms with E-state index in [1.807, 2.05) is 0 Å². The standard InChI is InChI=1S/C13H17BrO/c1-8-5-11(6-9(2)13(8)14)12(15)7-10-3-4-10/h5-6,10,12,15H,3-4,7H2,1-2H3. The van der Waals surface area contributed by atoms with Crippen LogP contribution < -0.4 is 0 Å². The fourth-order valence-electron chi connectivity index (χ4n) is 1.98. The zero-order valence-electron chi connectivity index (χ0n) is 9.26. The molecule has 0 aliphatic heterocycles. The molecular weight excluding hydrogens is 252 g/mol. The van der Waals surface area contributed by atoms with Crippen molar-refractivity contribution in [2.75, 3.05) is 0 Å². The smallest absolute Gasteiger partial charge is 0.0792 e. The molecular formula is C13H17BrO. The molecule has 1 fully saturated rings. The van der Waals surface area contributed by atoms with E-state index in [2.05, 4.69) is 41.9 Å². The van der Waals surface area contributed by atoms with Gasteiger partial charge in [-0.15, -0.1) is 0 Å². The predicted molar refractivity (Wildman–Crippen MR) is 65.9 cm³/mol. The molecule has 0 bridgehead atoms. The maximum atomic E-state index is 10.1. The van der Waals surface area contributed by atoms with E-state index in [0.29, 0.717) is 0 Å². The molecule has 1 atom stereocenters. The van der Waals surface area contributed by atoms with Crippen LogP contribution in [0.4, 0.5) is 0 Å². The maximum absolute atomic E-state index is 10.1. The Labute approximate surface area is 99.6 Å². The van der Waals surface area contributed by atoms with E-state index in [1.165, 1.54) is 24.0 Å². The average Bonchev–Trinajstić information content (AvgIpc) is 2.97. The van der Waals surface area contributed by atoms with Crippen LogP contribution in [-0.2, 0) is 0 Å². The maximum Gasteiger partial charge on any atom is 0.0792 e. The van der Waals surface area contributed by atoms with Crippen LogP contribution in [0.2, 0.25) is 0 Å². The van der Waals surface area contributed by atoms with Gasteiger partial charge in [-0.05, 0) is 42.9 Å². The SMILES string of the molecule is Cc1cc(C(O)CC2CC2)cc(C)c1Br. The second-order valence-electron chi connectivity index (χ2n) is 4.66. The summed E-state index contributed by atoms with van der Waals surface area (Å²) in [7, 11) is 0. The van der Waals surface area contributed by atoms with E-state index in [1.54, 1.807) is 0 Å². The van der Waals surface area contributed by atoms with E-state index in [0.717, 1.165) is 22.4 Å². The van der Waals surface area contributed by atoms with Gasteiger partial charge >= 0.3 is 0 Å². The van der Waals surface area contributed by atoms with Gasteiger partial charge in [-0.2, -0.15) is 0 Å². The monoisotopic (exact) mass is 268 g/mol. The first-order chi connectivity index (χ1) is 7.08. The van der Waals surface area contributed by atoms with Crippen molar-refractivity contribution in [1.82, 2.24) is 0 Å². The van der Waals surface area contributed by atoms with Gasteiger partial charge in [0, 0.05) is 4.47 Å². The summed E-state index contributed by atoms with van der Waals surface area (Å²) in [5.41, 5.74) is 3.49. The molecule has 1 aromatic rings. The van der Waals surface area contributed by atoms with Crippen molar-refractivity contribution in [2.45, 2.75) is 39.2 Å². The molecule has 1 saturated carbocycles. The molecule has 1 aliphatic rings. The minimum absolute atomic E-state index is 0.275. The molecule has 15 heavy (non-hydrogen) atoms. The van der Waals surface area contributed by atoms with E-state index >= 15 is 0 Å². The summed E-state index contributed by atoms with van der Waals surface area (Å²) in [5, 5.41) is 10.1. The van der Waals surface area contributed by atoms with Gasteiger partial charge in [0.25, 0.3) is 0 Å². The van der Waals surface area contributed by atoms with E-state index in [9.17, 15) is 5.11 Å². The summed E-state index contributed by atoms with van der Waals surface area (Å²) in [4.78, 5) is 0. The van der Waals surface area contributed by atoms with E-state index in [-0.39, 0.29) is 6.10 Å². The minimum Gasteiger partial charge on any atom is -0.388 e. The predicted octanol–water partition coefficient (Wildman–Crippen LogP) is 3.90. The number of hydrogen-bond acceptors (Lipinski definition) is 1. The highest BCUT2D eigenvalue weighted by atomic mass is 79.9. The zero-order chi connectivity index (χ0) is 11.0. The van der Waals surface area contributed by atoms with Gasteiger partial charge < -0.3 is 5.11 Å². The third-order valence-electron chi connectivity index (χ3n) is 3.10. The Hall–Kier alpha value is -0.340. The number of aliphatic hydroxyl groups is 1. The molecule has 2 heteroatoms. The minimum atomic E-state index is -0.275. The Morgan fingerprint density at radius 2 is 1.87 bits per heavy atom. The largest absolute Gasteiger partial charge is 0.388 e. The molecule has 2 rings (SSSR count). The van der Waals surface area contributed by atoms with Crippen molar-refractivity contribution in [3.63, 3.8) is 0 Å². The lowest BCUT2D eigenvalue weighted by molar-refractivity contribution is 0.160. The second kappa shape index (κ2) is 4.26. The van der Waals surface area contributed by atoms with Crippen LogP contribution in [0.15, 0.2) is 16.6 Å².